The van der Waals surface area contributed by atoms with Crippen LogP contribution in [0, 0.1) is 0 Å². The smallest absolute Gasteiger partial charge is 0.253 e. The molecule has 0 aliphatic carbocycles. The van der Waals surface area contributed by atoms with Gasteiger partial charge in [-0.2, -0.15) is 0 Å². The van der Waals surface area contributed by atoms with Gasteiger partial charge in [-0.3, -0.25) is 9.69 Å². The van der Waals surface area contributed by atoms with Crippen LogP contribution in [0.25, 0.3) is 0 Å². The summed E-state index contributed by atoms with van der Waals surface area (Å²) in [7, 11) is 0. The third kappa shape index (κ3) is 4.41. The highest BCUT2D eigenvalue weighted by Gasteiger charge is 2.32. The normalized spacial score (nSPS) is 20.6. The van der Waals surface area contributed by atoms with Crippen molar-refractivity contribution >= 4 is 46.4 Å². The molecule has 2 saturated heterocycles. The lowest BCUT2D eigenvalue weighted by molar-refractivity contribution is 0.0775. The highest BCUT2D eigenvalue weighted by atomic mass is 35.5. The van der Waals surface area contributed by atoms with Gasteiger partial charge >= 0.3 is 0 Å². The molecule has 2 aliphatic heterocycles. The molecule has 2 aromatic rings. The maximum Gasteiger partial charge on any atom is 0.253 e. The van der Waals surface area contributed by atoms with Crippen LogP contribution in [0.2, 0.25) is 15.1 Å². The predicted molar refractivity (Wildman–Crippen MR) is 116 cm³/mol. The van der Waals surface area contributed by atoms with E-state index in [9.17, 15) is 4.79 Å². The van der Waals surface area contributed by atoms with Crippen molar-refractivity contribution < 1.29 is 4.79 Å². The molecule has 0 spiro atoms. The molecular formula is C21H22Cl3N3O. The van der Waals surface area contributed by atoms with Crippen LogP contribution < -0.4 is 4.90 Å². The molecular weight excluding hydrogens is 417 g/mol. The first-order valence-corrected chi connectivity index (χ1v) is 10.6. The van der Waals surface area contributed by atoms with E-state index >= 15 is 0 Å². The number of halogens is 3. The number of hydrogen-bond donors (Lipinski definition) is 0. The SMILES string of the molecule is O=C(c1ccc(Cl)cc1)N1CCC(N2CCN(c3cc(Cl)cc(Cl)c3)CC2)C1. The quantitative estimate of drug-likeness (QED) is 0.696. The van der Waals surface area contributed by atoms with Gasteiger partial charge in [0.15, 0.2) is 0 Å². The maximum atomic E-state index is 12.7. The molecule has 0 N–H and O–H groups in total. The summed E-state index contributed by atoms with van der Waals surface area (Å²) in [6, 6.07) is 13.2. The van der Waals surface area contributed by atoms with Crippen LogP contribution in [0.3, 0.4) is 0 Å². The lowest BCUT2D eigenvalue weighted by atomic mass is 10.1. The van der Waals surface area contributed by atoms with E-state index in [0.717, 1.165) is 51.4 Å². The number of hydrogen-bond acceptors (Lipinski definition) is 3. The van der Waals surface area contributed by atoms with Crippen molar-refractivity contribution in [2.24, 2.45) is 0 Å². The molecule has 148 valence electrons. The zero-order valence-corrected chi connectivity index (χ0v) is 17.7. The Hall–Kier alpha value is -1.46. The van der Waals surface area contributed by atoms with Crippen molar-refractivity contribution in [3.8, 4) is 0 Å². The molecule has 1 unspecified atom stereocenters. The van der Waals surface area contributed by atoms with E-state index in [2.05, 4.69) is 9.80 Å². The summed E-state index contributed by atoms with van der Waals surface area (Å²) < 4.78 is 0. The van der Waals surface area contributed by atoms with Crippen LogP contribution in [-0.4, -0.2) is 61.0 Å². The molecule has 1 amide bonds. The minimum absolute atomic E-state index is 0.0892. The van der Waals surface area contributed by atoms with E-state index in [-0.39, 0.29) is 5.91 Å². The molecule has 4 rings (SSSR count). The second kappa shape index (κ2) is 8.50. The Morgan fingerprint density at radius 3 is 2.11 bits per heavy atom. The topological polar surface area (TPSA) is 26.8 Å². The molecule has 7 heteroatoms. The van der Waals surface area contributed by atoms with Gasteiger partial charge in [0, 0.05) is 71.6 Å². The van der Waals surface area contributed by atoms with Crippen molar-refractivity contribution in [1.29, 1.82) is 0 Å². The second-order valence-corrected chi connectivity index (χ2v) is 8.66. The van der Waals surface area contributed by atoms with Gasteiger partial charge in [0.25, 0.3) is 5.91 Å². The fourth-order valence-corrected chi connectivity index (χ4v) is 4.71. The molecule has 0 saturated carbocycles. The Morgan fingerprint density at radius 2 is 1.46 bits per heavy atom. The third-order valence-electron chi connectivity index (χ3n) is 5.58. The maximum absolute atomic E-state index is 12.7. The first kappa shape index (κ1) is 19.8. The van der Waals surface area contributed by atoms with E-state index in [1.807, 2.05) is 17.0 Å². The number of carbonyl (C=O) groups excluding carboxylic acids is 1. The van der Waals surface area contributed by atoms with E-state index in [1.165, 1.54) is 0 Å². The molecule has 2 aromatic carbocycles. The van der Waals surface area contributed by atoms with E-state index < -0.39 is 0 Å². The number of piperazine rings is 1. The van der Waals surface area contributed by atoms with Gasteiger partial charge in [-0.15, -0.1) is 0 Å². The van der Waals surface area contributed by atoms with Gasteiger partial charge in [-0.25, -0.2) is 0 Å². The third-order valence-corrected chi connectivity index (χ3v) is 6.27. The summed E-state index contributed by atoms with van der Waals surface area (Å²) in [5.41, 5.74) is 1.77. The Morgan fingerprint density at radius 1 is 0.821 bits per heavy atom. The van der Waals surface area contributed by atoms with Crippen molar-refractivity contribution in [1.82, 2.24) is 9.80 Å². The molecule has 1 atom stereocenters. The molecule has 4 nitrogen and oxygen atoms in total. The molecule has 0 radical (unpaired) electrons. The van der Waals surface area contributed by atoms with Gasteiger partial charge < -0.3 is 9.80 Å². The Bertz CT molecular complexity index is 830. The van der Waals surface area contributed by atoms with E-state index in [4.69, 9.17) is 34.8 Å². The monoisotopic (exact) mass is 437 g/mol. The largest absolute Gasteiger partial charge is 0.369 e. The second-order valence-electron chi connectivity index (χ2n) is 7.35. The first-order valence-electron chi connectivity index (χ1n) is 9.49. The number of rotatable bonds is 3. The Labute approximate surface area is 180 Å². The Kier molecular flexibility index (Phi) is 6.02. The molecule has 28 heavy (non-hydrogen) atoms. The lowest BCUT2D eigenvalue weighted by Crippen LogP contribution is -2.51. The number of anilines is 1. The van der Waals surface area contributed by atoms with Gasteiger partial charge in [-0.05, 0) is 48.9 Å². The molecule has 0 bridgehead atoms. The van der Waals surface area contributed by atoms with Gasteiger partial charge in [0.05, 0.1) is 0 Å². The highest BCUT2D eigenvalue weighted by Crippen LogP contribution is 2.27. The fraction of sp³-hybridized carbons (Fsp3) is 0.381. The van der Waals surface area contributed by atoms with Crippen LogP contribution in [0.4, 0.5) is 5.69 Å². The minimum atomic E-state index is 0.0892. The molecule has 2 heterocycles. The van der Waals surface area contributed by atoms with Crippen molar-refractivity contribution in [3.05, 3.63) is 63.1 Å². The van der Waals surface area contributed by atoms with Crippen LogP contribution in [-0.2, 0) is 0 Å². The summed E-state index contributed by atoms with van der Waals surface area (Å²) in [5, 5.41) is 1.98. The van der Waals surface area contributed by atoms with Crippen LogP contribution in [0.1, 0.15) is 16.8 Å². The zero-order valence-electron chi connectivity index (χ0n) is 15.5. The molecule has 2 aliphatic rings. The number of likely N-dealkylation sites (tertiary alicyclic amines) is 1. The van der Waals surface area contributed by atoms with E-state index in [1.54, 1.807) is 30.3 Å². The highest BCUT2D eigenvalue weighted by molar-refractivity contribution is 6.35. The van der Waals surface area contributed by atoms with Crippen molar-refractivity contribution in [2.45, 2.75) is 12.5 Å². The minimum Gasteiger partial charge on any atom is -0.369 e. The zero-order chi connectivity index (χ0) is 19.7. The van der Waals surface area contributed by atoms with Crippen molar-refractivity contribution in [2.75, 3.05) is 44.2 Å². The van der Waals surface area contributed by atoms with E-state index in [0.29, 0.717) is 26.7 Å². The van der Waals surface area contributed by atoms with Crippen LogP contribution in [0.15, 0.2) is 42.5 Å². The Balaban J connectivity index is 1.33. The molecule has 0 aromatic heterocycles. The van der Waals surface area contributed by atoms with Gasteiger partial charge in [0.1, 0.15) is 0 Å². The van der Waals surface area contributed by atoms with Gasteiger partial charge in [-0.1, -0.05) is 34.8 Å². The summed E-state index contributed by atoms with van der Waals surface area (Å²) in [5.74, 6) is 0.0892. The summed E-state index contributed by atoms with van der Waals surface area (Å²) >= 11 is 18.2. The number of benzene rings is 2. The predicted octanol–water partition coefficient (Wildman–Crippen LogP) is 4.68. The summed E-state index contributed by atoms with van der Waals surface area (Å²) in [4.78, 5) is 19.5. The van der Waals surface area contributed by atoms with Crippen LogP contribution >= 0.6 is 34.8 Å². The fourth-order valence-electron chi connectivity index (χ4n) is 4.07. The summed E-state index contributed by atoms with van der Waals surface area (Å²) in [6.07, 6.45) is 1.02. The number of amides is 1. The number of nitrogens with zero attached hydrogens (tertiary/aromatic N) is 3. The number of carbonyl (C=O) groups is 1. The van der Waals surface area contributed by atoms with Gasteiger partial charge in [0.2, 0.25) is 0 Å². The first-order chi connectivity index (χ1) is 13.5. The van der Waals surface area contributed by atoms with Crippen LogP contribution in [0.5, 0.6) is 0 Å². The lowest BCUT2D eigenvalue weighted by Gasteiger charge is -2.39. The average molecular weight is 439 g/mol. The summed E-state index contributed by atoms with van der Waals surface area (Å²) in [6.45, 7) is 5.38. The standard InChI is InChI=1S/C21H22Cl3N3O/c22-16-3-1-15(2-4-16)21(28)27-6-5-19(14-27)25-7-9-26(10-8-25)20-12-17(23)11-18(24)13-20/h1-4,11-13,19H,5-10,14H2. The van der Waals surface area contributed by atoms with Crippen molar-refractivity contribution in [3.63, 3.8) is 0 Å². The molecule has 2 fully saturated rings. The average Bonchev–Trinajstić information content (AvgIpc) is 3.18.